The van der Waals surface area contributed by atoms with E-state index in [1.54, 1.807) is 11.8 Å². The number of aromatic nitrogens is 1. The van der Waals surface area contributed by atoms with Crippen molar-refractivity contribution in [3.63, 3.8) is 0 Å². The fourth-order valence-electron chi connectivity index (χ4n) is 3.58. The van der Waals surface area contributed by atoms with E-state index in [4.69, 9.17) is 21.1 Å². The first-order valence-corrected chi connectivity index (χ1v) is 12.0. The number of hydrogen-bond acceptors (Lipinski definition) is 8. The number of sulfonamides is 1. The highest BCUT2D eigenvalue weighted by Gasteiger charge is 2.29. The third kappa shape index (κ3) is 5.66. The summed E-state index contributed by atoms with van der Waals surface area (Å²) >= 11 is 5.93. The van der Waals surface area contributed by atoms with Crippen LogP contribution in [0.25, 0.3) is 0 Å². The molecule has 1 fully saturated rings. The van der Waals surface area contributed by atoms with Crippen molar-refractivity contribution in [1.29, 1.82) is 0 Å². The fraction of sp³-hybridized carbons (Fsp3) is 0.381. The van der Waals surface area contributed by atoms with Crippen molar-refractivity contribution < 1.29 is 32.6 Å². The predicted molar refractivity (Wildman–Crippen MR) is 122 cm³/mol. The van der Waals surface area contributed by atoms with Crippen LogP contribution in [0, 0.1) is 5.92 Å². The predicted octanol–water partition coefficient (Wildman–Crippen LogP) is 3.02. The van der Waals surface area contributed by atoms with Crippen molar-refractivity contribution in [2.75, 3.05) is 36.4 Å². The van der Waals surface area contributed by atoms with Crippen molar-refractivity contribution in [2.24, 2.45) is 5.92 Å². The minimum Gasteiger partial charge on any atom is -0.495 e. The third-order valence-corrected chi connectivity index (χ3v) is 6.82. The first-order chi connectivity index (χ1) is 15.7. The number of esters is 1. The Morgan fingerprint density at radius 1 is 1.27 bits per heavy atom. The molecule has 0 radical (unpaired) electrons. The lowest BCUT2D eigenvalue weighted by Crippen LogP contribution is -2.38. The summed E-state index contributed by atoms with van der Waals surface area (Å²) in [6, 6.07) is 5.34. The Kier molecular flexibility index (Phi) is 7.65. The van der Waals surface area contributed by atoms with E-state index in [1.807, 2.05) is 0 Å². The number of ether oxygens (including phenoxy) is 2. The van der Waals surface area contributed by atoms with Gasteiger partial charge in [-0.3, -0.25) is 9.52 Å². The van der Waals surface area contributed by atoms with E-state index in [2.05, 4.69) is 9.71 Å². The Hall–Kier alpha value is -3.05. The number of carbonyl (C=O) groups excluding carboxylic acids is 1. The molecule has 10 nitrogen and oxygen atoms in total. The monoisotopic (exact) mass is 497 g/mol. The third-order valence-electron chi connectivity index (χ3n) is 5.18. The number of benzene rings is 1. The number of piperidine rings is 1. The van der Waals surface area contributed by atoms with Crippen LogP contribution < -0.4 is 14.4 Å². The van der Waals surface area contributed by atoms with Crippen LogP contribution in [0.15, 0.2) is 35.4 Å². The summed E-state index contributed by atoms with van der Waals surface area (Å²) in [5.41, 5.74) is -0.192. The molecule has 0 amide bonds. The molecule has 178 valence electrons. The van der Waals surface area contributed by atoms with E-state index in [1.165, 1.54) is 37.6 Å². The average molecular weight is 498 g/mol. The molecule has 1 aromatic heterocycles. The van der Waals surface area contributed by atoms with Crippen LogP contribution in [0.1, 0.15) is 30.1 Å². The lowest BCUT2D eigenvalue weighted by molar-refractivity contribution is -0.148. The molecule has 1 saturated heterocycles. The van der Waals surface area contributed by atoms with Gasteiger partial charge in [0, 0.05) is 18.1 Å². The van der Waals surface area contributed by atoms with E-state index < -0.39 is 16.0 Å². The van der Waals surface area contributed by atoms with Gasteiger partial charge in [-0.05, 0) is 44.0 Å². The van der Waals surface area contributed by atoms with Crippen LogP contribution >= 0.6 is 11.6 Å². The number of carboxylic acids is 1. The number of anilines is 2. The molecule has 2 heterocycles. The van der Waals surface area contributed by atoms with Crippen LogP contribution in [-0.4, -0.2) is 57.3 Å². The molecule has 1 aromatic carbocycles. The van der Waals surface area contributed by atoms with Crippen LogP contribution in [0.2, 0.25) is 5.02 Å². The number of pyridine rings is 1. The SMILES string of the molecule is CCOC(=O)C1CCN(c2ncc(NS(=O)(=O)c3cc(Cl)ccc3OC)cc2C(=O)O)CC1. The Morgan fingerprint density at radius 3 is 2.58 bits per heavy atom. The average Bonchev–Trinajstić information content (AvgIpc) is 2.79. The van der Waals surface area contributed by atoms with E-state index >= 15 is 0 Å². The summed E-state index contributed by atoms with van der Waals surface area (Å²) in [5.74, 6) is -1.48. The van der Waals surface area contributed by atoms with Crippen molar-refractivity contribution in [1.82, 2.24) is 4.98 Å². The van der Waals surface area contributed by atoms with E-state index in [-0.39, 0.29) is 44.6 Å². The summed E-state index contributed by atoms with van der Waals surface area (Å²) in [4.78, 5) is 29.6. The molecular weight excluding hydrogens is 474 g/mol. The maximum Gasteiger partial charge on any atom is 0.339 e. The van der Waals surface area contributed by atoms with Gasteiger partial charge in [0.25, 0.3) is 10.0 Å². The largest absolute Gasteiger partial charge is 0.495 e. The summed E-state index contributed by atoms with van der Waals surface area (Å²) in [6.07, 6.45) is 2.25. The summed E-state index contributed by atoms with van der Waals surface area (Å²) < 4.78 is 38.2. The van der Waals surface area contributed by atoms with Gasteiger partial charge in [0.15, 0.2) is 0 Å². The molecule has 0 aliphatic carbocycles. The molecule has 0 atom stereocenters. The highest BCUT2D eigenvalue weighted by Crippen LogP contribution is 2.31. The van der Waals surface area contributed by atoms with Crippen molar-refractivity contribution in [3.8, 4) is 5.75 Å². The number of nitrogens with zero attached hydrogens (tertiary/aromatic N) is 2. The molecule has 0 bridgehead atoms. The number of rotatable bonds is 8. The summed E-state index contributed by atoms with van der Waals surface area (Å²) in [7, 11) is -2.81. The zero-order chi connectivity index (χ0) is 24.2. The van der Waals surface area contributed by atoms with Gasteiger partial charge in [0.2, 0.25) is 0 Å². The van der Waals surface area contributed by atoms with E-state index in [0.29, 0.717) is 32.5 Å². The van der Waals surface area contributed by atoms with Crippen LogP contribution in [0.4, 0.5) is 11.5 Å². The van der Waals surface area contributed by atoms with Gasteiger partial charge in [-0.25, -0.2) is 18.2 Å². The number of hydrogen-bond donors (Lipinski definition) is 2. The standard InChI is InChI=1S/C21H24ClN3O7S/c1-3-32-21(28)13-6-8-25(9-7-13)19-16(20(26)27)11-15(12-23-19)24-33(29,30)18-10-14(22)4-5-17(18)31-2/h4-5,10-13,24H,3,6-9H2,1-2H3,(H,26,27). The fourth-order valence-corrected chi connectivity index (χ4v) is 5.05. The van der Waals surface area contributed by atoms with E-state index in [0.717, 1.165) is 0 Å². The summed E-state index contributed by atoms with van der Waals surface area (Å²) in [5, 5.41) is 9.91. The second-order valence-corrected chi connectivity index (χ2v) is 9.40. The Balaban J connectivity index is 1.83. The molecule has 1 aliphatic heterocycles. The molecule has 0 spiro atoms. The Labute approximate surface area is 196 Å². The molecule has 0 saturated carbocycles. The highest BCUT2D eigenvalue weighted by molar-refractivity contribution is 7.92. The van der Waals surface area contributed by atoms with Crippen LogP contribution in [-0.2, 0) is 19.6 Å². The number of carboxylic acid groups (broad SMARTS) is 1. The zero-order valence-corrected chi connectivity index (χ0v) is 19.6. The molecule has 12 heteroatoms. The van der Waals surface area contributed by atoms with Gasteiger partial charge in [-0.2, -0.15) is 0 Å². The maximum atomic E-state index is 12.9. The first kappa shape index (κ1) is 24.6. The number of aromatic carboxylic acids is 1. The Bertz CT molecular complexity index is 1150. The minimum atomic E-state index is -4.14. The summed E-state index contributed by atoms with van der Waals surface area (Å²) in [6.45, 7) is 2.89. The number of nitrogens with one attached hydrogen (secondary N) is 1. The zero-order valence-electron chi connectivity index (χ0n) is 18.1. The van der Waals surface area contributed by atoms with Crippen LogP contribution in [0.3, 0.4) is 0 Å². The second-order valence-electron chi connectivity index (χ2n) is 7.31. The molecule has 33 heavy (non-hydrogen) atoms. The Morgan fingerprint density at radius 2 is 1.97 bits per heavy atom. The maximum absolute atomic E-state index is 12.9. The minimum absolute atomic E-state index is 0.0282. The smallest absolute Gasteiger partial charge is 0.339 e. The van der Waals surface area contributed by atoms with Gasteiger partial charge in [-0.1, -0.05) is 11.6 Å². The topological polar surface area (TPSA) is 135 Å². The van der Waals surface area contributed by atoms with Gasteiger partial charge in [0.1, 0.15) is 22.0 Å². The van der Waals surface area contributed by atoms with Gasteiger partial charge < -0.3 is 19.5 Å². The van der Waals surface area contributed by atoms with Gasteiger partial charge >= 0.3 is 11.9 Å². The molecular formula is C21H24ClN3O7S. The molecule has 2 N–H and O–H groups in total. The lowest BCUT2D eigenvalue weighted by atomic mass is 9.96. The quantitative estimate of drug-likeness (QED) is 0.527. The molecule has 0 unspecified atom stereocenters. The van der Waals surface area contributed by atoms with Gasteiger partial charge in [0.05, 0.1) is 31.5 Å². The van der Waals surface area contributed by atoms with Crippen molar-refractivity contribution in [2.45, 2.75) is 24.7 Å². The molecule has 3 rings (SSSR count). The van der Waals surface area contributed by atoms with Crippen LogP contribution in [0.5, 0.6) is 5.75 Å². The van der Waals surface area contributed by atoms with Crippen molar-refractivity contribution in [3.05, 3.63) is 41.0 Å². The normalized spacial score (nSPS) is 14.6. The first-order valence-electron chi connectivity index (χ1n) is 10.2. The second kappa shape index (κ2) is 10.3. The lowest BCUT2D eigenvalue weighted by Gasteiger charge is -2.32. The van der Waals surface area contributed by atoms with E-state index in [9.17, 15) is 23.1 Å². The van der Waals surface area contributed by atoms with Gasteiger partial charge in [-0.15, -0.1) is 0 Å². The molecule has 2 aromatic rings. The molecule has 1 aliphatic rings. The highest BCUT2D eigenvalue weighted by atomic mass is 35.5. The van der Waals surface area contributed by atoms with Crippen molar-refractivity contribution >= 4 is 45.1 Å². The number of carbonyl (C=O) groups is 2. The number of methoxy groups -OCH3 is 1. The number of halogens is 1.